The lowest BCUT2D eigenvalue weighted by Gasteiger charge is -2.19. The average Bonchev–Trinajstić information content (AvgIpc) is 2.84. The fourth-order valence-corrected chi connectivity index (χ4v) is 3.67. The Morgan fingerprint density at radius 3 is 2.54 bits per heavy atom. The third-order valence-electron chi connectivity index (χ3n) is 3.78. The summed E-state index contributed by atoms with van der Waals surface area (Å²) in [5.41, 5.74) is 0.895. The zero-order chi connectivity index (χ0) is 19.3. The molecule has 2 N–H and O–H groups in total. The van der Waals surface area contributed by atoms with Crippen molar-refractivity contribution in [3.63, 3.8) is 0 Å². The summed E-state index contributed by atoms with van der Waals surface area (Å²) >= 11 is 6.43. The van der Waals surface area contributed by atoms with E-state index in [4.69, 9.17) is 17.3 Å². The minimum absolute atomic E-state index is 0.0123. The van der Waals surface area contributed by atoms with E-state index in [1.165, 1.54) is 16.7 Å². The standard InChI is InChI=1S/C18H20N2O4S2/c1-11(2)15(17(23)24)19-14(21)8-9-20-16(22)13(26-18(20)25)10-12-6-4-3-5-7-12/h3-7,10-11,15H,8-9H2,1-2H3,(H,19,21)(H,23,24)/b13-10+. The number of carboxylic acids is 1. The number of nitrogens with zero attached hydrogens (tertiary/aromatic N) is 1. The van der Waals surface area contributed by atoms with E-state index in [2.05, 4.69) is 5.32 Å². The Morgan fingerprint density at radius 2 is 1.96 bits per heavy atom. The first-order valence-corrected chi connectivity index (χ1v) is 9.34. The maximum atomic E-state index is 12.5. The summed E-state index contributed by atoms with van der Waals surface area (Å²) in [6.07, 6.45) is 1.75. The molecule has 1 atom stereocenters. The van der Waals surface area contributed by atoms with Gasteiger partial charge < -0.3 is 10.4 Å². The first-order chi connectivity index (χ1) is 12.3. The van der Waals surface area contributed by atoms with Gasteiger partial charge in [-0.2, -0.15) is 0 Å². The quantitative estimate of drug-likeness (QED) is 0.548. The lowest BCUT2D eigenvalue weighted by atomic mass is 10.0. The molecule has 138 valence electrons. The number of nitrogens with one attached hydrogen (secondary N) is 1. The monoisotopic (exact) mass is 392 g/mol. The van der Waals surface area contributed by atoms with Gasteiger partial charge in [0.15, 0.2) is 0 Å². The lowest BCUT2D eigenvalue weighted by molar-refractivity contribution is -0.143. The molecule has 0 radical (unpaired) electrons. The first-order valence-electron chi connectivity index (χ1n) is 8.12. The molecule has 1 saturated heterocycles. The summed E-state index contributed by atoms with van der Waals surface area (Å²) in [6, 6.07) is 8.47. The second-order valence-corrected chi connectivity index (χ2v) is 7.80. The van der Waals surface area contributed by atoms with E-state index >= 15 is 0 Å². The molecule has 1 aliphatic rings. The van der Waals surface area contributed by atoms with Crippen LogP contribution >= 0.6 is 24.0 Å². The van der Waals surface area contributed by atoms with Gasteiger partial charge in [0.2, 0.25) is 5.91 Å². The van der Waals surface area contributed by atoms with Gasteiger partial charge in [0.05, 0.1) is 4.91 Å². The number of thiocarbonyl (C=S) groups is 1. The van der Waals surface area contributed by atoms with Crippen molar-refractivity contribution >= 4 is 52.2 Å². The Morgan fingerprint density at radius 1 is 1.31 bits per heavy atom. The van der Waals surface area contributed by atoms with E-state index < -0.39 is 17.9 Å². The molecule has 8 heteroatoms. The molecule has 0 aromatic heterocycles. The van der Waals surface area contributed by atoms with Crippen LogP contribution in [0, 0.1) is 5.92 Å². The van der Waals surface area contributed by atoms with Crippen molar-refractivity contribution in [1.29, 1.82) is 0 Å². The Labute approximate surface area is 161 Å². The van der Waals surface area contributed by atoms with Crippen molar-refractivity contribution in [3.05, 3.63) is 40.8 Å². The van der Waals surface area contributed by atoms with Crippen molar-refractivity contribution in [3.8, 4) is 0 Å². The summed E-state index contributed by atoms with van der Waals surface area (Å²) in [5.74, 6) is -1.98. The maximum Gasteiger partial charge on any atom is 0.326 e. The second kappa shape index (κ2) is 8.95. The van der Waals surface area contributed by atoms with Gasteiger partial charge in [-0.3, -0.25) is 14.5 Å². The highest BCUT2D eigenvalue weighted by molar-refractivity contribution is 8.26. The van der Waals surface area contributed by atoms with Crippen LogP contribution in [0.2, 0.25) is 0 Å². The second-order valence-electron chi connectivity index (χ2n) is 6.12. The van der Waals surface area contributed by atoms with E-state index in [1.54, 1.807) is 19.9 Å². The van der Waals surface area contributed by atoms with Crippen molar-refractivity contribution < 1.29 is 19.5 Å². The molecule has 1 aromatic rings. The van der Waals surface area contributed by atoms with Gasteiger partial charge in [0, 0.05) is 13.0 Å². The number of carbonyl (C=O) groups excluding carboxylic acids is 2. The molecule has 0 spiro atoms. The predicted octanol–water partition coefficient (Wildman–Crippen LogP) is 2.50. The molecule has 0 saturated carbocycles. The van der Waals surface area contributed by atoms with Crippen LogP contribution < -0.4 is 5.32 Å². The van der Waals surface area contributed by atoms with E-state index in [1.807, 2.05) is 30.3 Å². The molecule has 0 aliphatic carbocycles. The highest BCUT2D eigenvalue weighted by Gasteiger charge is 2.32. The molecular formula is C18H20N2O4S2. The third-order valence-corrected chi connectivity index (χ3v) is 5.16. The van der Waals surface area contributed by atoms with Crippen molar-refractivity contribution in [2.24, 2.45) is 5.92 Å². The number of carbonyl (C=O) groups is 3. The molecular weight excluding hydrogens is 372 g/mol. The van der Waals surface area contributed by atoms with Gasteiger partial charge in [-0.25, -0.2) is 4.79 Å². The van der Waals surface area contributed by atoms with Gasteiger partial charge >= 0.3 is 5.97 Å². The topological polar surface area (TPSA) is 86.7 Å². The zero-order valence-electron chi connectivity index (χ0n) is 14.5. The number of rotatable bonds is 7. The van der Waals surface area contributed by atoms with Crippen LogP contribution in [0.25, 0.3) is 6.08 Å². The van der Waals surface area contributed by atoms with Crippen LogP contribution in [0.4, 0.5) is 0 Å². The number of carboxylic acid groups (broad SMARTS) is 1. The van der Waals surface area contributed by atoms with E-state index in [-0.39, 0.29) is 24.8 Å². The van der Waals surface area contributed by atoms with Gasteiger partial charge in [0.25, 0.3) is 5.91 Å². The highest BCUT2D eigenvalue weighted by atomic mass is 32.2. The highest BCUT2D eigenvalue weighted by Crippen LogP contribution is 2.32. The summed E-state index contributed by atoms with van der Waals surface area (Å²) in [6.45, 7) is 3.55. The lowest BCUT2D eigenvalue weighted by Crippen LogP contribution is -2.45. The first kappa shape index (κ1) is 20.1. The SMILES string of the molecule is CC(C)C(NC(=O)CCN1C(=O)/C(=C\c2ccccc2)SC1=S)C(=O)O. The molecule has 6 nitrogen and oxygen atoms in total. The third kappa shape index (κ3) is 5.15. The van der Waals surface area contributed by atoms with Crippen molar-refractivity contribution in [1.82, 2.24) is 10.2 Å². The van der Waals surface area contributed by atoms with Gasteiger partial charge in [-0.05, 0) is 17.6 Å². The Hall–Kier alpha value is -2.19. The van der Waals surface area contributed by atoms with Crippen molar-refractivity contribution in [2.75, 3.05) is 6.54 Å². The van der Waals surface area contributed by atoms with E-state index in [0.29, 0.717) is 9.23 Å². The van der Waals surface area contributed by atoms with Gasteiger partial charge in [-0.15, -0.1) is 0 Å². The van der Waals surface area contributed by atoms with E-state index in [9.17, 15) is 14.4 Å². The fourth-order valence-electron chi connectivity index (χ4n) is 2.37. The van der Waals surface area contributed by atoms with Crippen LogP contribution in [0.15, 0.2) is 35.2 Å². The number of aliphatic carboxylic acids is 1. The Balaban J connectivity index is 1.96. The predicted molar refractivity (Wildman–Crippen MR) is 105 cm³/mol. The van der Waals surface area contributed by atoms with Gasteiger partial charge in [-0.1, -0.05) is 68.2 Å². The minimum atomic E-state index is -1.08. The van der Waals surface area contributed by atoms with E-state index in [0.717, 1.165) is 5.56 Å². The van der Waals surface area contributed by atoms with Crippen LogP contribution in [-0.4, -0.2) is 44.7 Å². The summed E-state index contributed by atoms with van der Waals surface area (Å²) < 4.78 is 0.392. The average molecular weight is 393 g/mol. The largest absolute Gasteiger partial charge is 0.480 e. The van der Waals surface area contributed by atoms with Gasteiger partial charge in [0.1, 0.15) is 10.4 Å². The number of amides is 2. The molecule has 1 aromatic carbocycles. The molecule has 1 fully saturated rings. The fraction of sp³-hybridized carbons (Fsp3) is 0.333. The number of hydrogen-bond donors (Lipinski definition) is 2. The van der Waals surface area contributed by atoms with Crippen LogP contribution in [0.3, 0.4) is 0 Å². The van der Waals surface area contributed by atoms with Crippen LogP contribution in [0.5, 0.6) is 0 Å². The normalized spacial score (nSPS) is 17.0. The molecule has 26 heavy (non-hydrogen) atoms. The molecule has 1 unspecified atom stereocenters. The summed E-state index contributed by atoms with van der Waals surface area (Å²) in [4.78, 5) is 37.6. The summed E-state index contributed by atoms with van der Waals surface area (Å²) in [5, 5.41) is 11.6. The van der Waals surface area contributed by atoms with Crippen molar-refractivity contribution in [2.45, 2.75) is 26.3 Å². The number of benzene rings is 1. The Bertz CT molecular complexity index is 747. The Kier molecular flexibility index (Phi) is 6.93. The molecule has 0 bridgehead atoms. The smallest absolute Gasteiger partial charge is 0.326 e. The minimum Gasteiger partial charge on any atom is -0.480 e. The zero-order valence-corrected chi connectivity index (χ0v) is 16.1. The molecule has 1 aliphatic heterocycles. The number of thioether (sulfide) groups is 1. The van der Waals surface area contributed by atoms with Crippen LogP contribution in [-0.2, 0) is 14.4 Å². The maximum absolute atomic E-state index is 12.5. The molecule has 1 heterocycles. The van der Waals surface area contributed by atoms with Crippen LogP contribution in [0.1, 0.15) is 25.8 Å². The molecule has 2 rings (SSSR count). The number of hydrogen-bond acceptors (Lipinski definition) is 5. The molecule has 2 amide bonds. The summed E-state index contributed by atoms with van der Waals surface area (Å²) in [7, 11) is 0.